The van der Waals surface area contributed by atoms with Crippen LogP contribution in [0.3, 0.4) is 0 Å². The Hall–Kier alpha value is -2.70. The number of fused-ring (bicyclic) bond motifs is 1. The molecule has 1 atom stereocenters. The van der Waals surface area contributed by atoms with Crippen molar-refractivity contribution in [1.29, 1.82) is 10.5 Å². The van der Waals surface area contributed by atoms with Crippen molar-refractivity contribution in [3.63, 3.8) is 0 Å². The topological polar surface area (TPSA) is 96.6 Å². The molecule has 1 aromatic heterocycles. The number of hydrogen-bond acceptors (Lipinski definition) is 5. The minimum Gasteiger partial charge on any atom is -0.309 e. The van der Waals surface area contributed by atoms with Gasteiger partial charge in [0.1, 0.15) is 5.82 Å². The Balaban J connectivity index is 2.09. The molecule has 0 aliphatic rings. The van der Waals surface area contributed by atoms with Crippen LogP contribution in [0.5, 0.6) is 0 Å². The first-order valence-corrected chi connectivity index (χ1v) is 7.07. The SMILES string of the molecule is CN(Cc1nc2ccccc2c(=O)[nH]1)CC(C#N)CCC#N. The van der Waals surface area contributed by atoms with Crippen LogP contribution in [0.4, 0.5) is 0 Å². The molecule has 6 heteroatoms. The lowest BCUT2D eigenvalue weighted by Crippen LogP contribution is -2.27. The minimum atomic E-state index is -0.197. The molecule has 0 saturated carbocycles. The number of hydrogen-bond donors (Lipinski definition) is 1. The molecule has 0 amide bonds. The molecule has 112 valence electrons. The largest absolute Gasteiger partial charge is 0.309 e. The fourth-order valence-corrected chi connectivity index (χ4v) is 2.34. The summed E-state index contributed by atoms with van der Waals surface area (Å²) < 4.78 is 0. The summed E-state index contributed by atoms with van der Waals surface area (Å²) in [4.78, 5) is 21.1. The number of aromatic nitrogens is 2. The average molecular weight is 295 g/mol. The molecule has 1 aromatic carbocycles. The van der Waals surface area contributed by atoms with Crippen molar-refractivity contribution < 1.29 is 0 Å². The van der Waals surface area contributed by atoms with Gasteiger partial charge in [0.2, 0.25) is 0 Å². The Morgan fingerprint density at radius 3 is 2.86 bits per heavy atom. The van der Waals surface area contributed by atoms with Crippen molar-refractivity contribution in [3.05, 3.63) is 40.4 Å². The van der Waals surface area contributed by atoms with Gasteiger partial charge in [-0.25, -0.2) is 4.98 Å². The van der Waals surface area contributed by atoms with E-state index in [0.717, 1.165) is 0 Å². The zero-order chi connectivity index (χ0) is 15.9. The number of nitrogens with one attached hydrogen (secondary N) is 1. The summed E-state index contributed by atoms with van der Waals surface area (Å²) in [5.41, 5.74) is 0.506. The fraction of sp³-hybridized carbons (Fsp3) is 0.375. The van der Waals surface area contributed by atoms with Crippen LogP contribution < -0.4 is 5.56 Å². The minimum absolute atomic E-state index is 0.157. The normalized spacial score (nSPS) is 12.0. The van der Waals surface area contributed by atoms with E-state index in [1.807, 2.05) is 18.0 Å². The summed E-state index contributed by atoms with van der Waals surface area (Å²) in [7, 11) is 1.87. The quantitative estimate of drug-likeness (QED) is 0.876. The van der Waals surface area contributed by atoms with Crippen molar-refractivity contribution in [2.45, 2.75) is 19.4 Å². The van der Waals surface area contributed by atoms with Crippen LogP contribution in [0.25, 0.3) is 10.9 Å². The van der Waals surface area contributed by atoms with Gasteiger partial charge in [0.05, 0.1) is 35.5 Å². The second-order valence-electron chi connectivity index (χ2n) is 5.25. The monoisotopic (exact) mass is 295 g/mol. The predicted octanol–water partition coefficient (Wildman–Crippen LogP) is 1.80. The maximum atomic E-state index is 12.0. The van der Waals surface area contributed by atoms with Gasteiger partial charge in [0, 0.05) is 13.0 Å². The van der Waals surface area contributed by atoms with Gasteiger partial charge in [-0.2, -0.15) is 10.5 Å². The summed E-state index contributed by atoms with van der Waals surface area (Å²) in [6.07, 6.45) is 0.927. The van der Waals surface area contributed by atoms with Crippen LogP contribution in [-0.2, 0) is 6.54 Å². The third kappa shape index (κ3) is 3.91. The van der Waals surface area contributed by atoms with E-state index in [1.165, 1.54) is 0 Å². The summed E-state index contributed by atoms with van der Waals surface area (Å²) >= 11 is 0. The molecule has 0 bridgehead atoms. The molecule has 0 radical (unpaired) electrons. The van der Waals surface area contributed by atoms with Crippen LogP contribution in [0, 0.1) is 28.6 Å². The third-order valence-electron chi connectivity index (χ3n) is 3.40. The molecule has 1 unspecified atom stereocenters. The van der Waals surface area contributed by atoms with Crippen molar-refractivity contribution in [2.75, 3.05) is 13.6 Å². The zero-order valence-electron chi connectivity index (χ0n) is 12.4. The van der Waals surface area contributed by atoms with E-state index in [2.05, 4.69) is 22.1 Å². The smallest absolute Gasteiger partial charge is 0.258 e. The molecule has 0 spiro atoms. The lowest BCUT2D eigenvalue weighted by Gasteiger charge is -2.18. The van der Waals surface area contributed by atoms with E-state index in [4.69, 9.17) is 10.5 Å². The van der Waals surface area contributed by atoms with Gasteiger partial charge in [0.15, 0.2) is 0 Å². The maximum Gasteiger partial charge on any atom is 0.258 e. The van der Waals surface area contributed by atoms with Gasteiger partial charge in [-0.3, -0.25) is 9.69 Å². The van der Waals surface area contributed by atoms with E-state index in [9.17, 15) is 4.79 Å². The lowest BCUT2D eigenvalue weighted by molar-refractivity contribution is 0.283. The van der Waals surface area contributed by atoms with Gasteiger partial charge in [0.25, 0.3) is 5.56 Å². The third-order valence-corrected chi connectivity index (χ3v) is 3.40. The van der Waals surface area contributed by atoms with Crippen LogP contribution in [-0.4, -0.2) is 28.5 Å². The van der Waals surface area contributed by atoms with Crippen LogP contribution in [0.15, 0.2) is 29.1 Å². The van der Waals surface area contributed by atoms with E-state index in [-0.39, 0.29) is 11.5 Å². The van der Waals surface area contributed by atoms with Gasteiger partial charge in [-0.1, -0.05) is 12.1 Å². The molecular weight excluding hydrogens is 278 g/mol. The van der Waals surface area contributed by atoms with E-state index >= 15 is 0 Å². The van der Waals surface area contributed by atoms with Gasteiger partial charge >= 0.3 is 0 Å². The Morgan fingerprint density at radius 2 is 2.14 bits per heavy atom. The second-order valence-corrected chi connectivity index (χ2v) is 5.25. The maximum absolute atomic E-state index is 12.0. The van der Waals surface area contributed by atoms with Crippen LogP contribution >= 0.6 is 0 Å². The molecule has 2 rings (SSSR count). The lowest BCUT2D eigenvalue weighted by atomic mass is 10.1. The standard InChI is InChI=1S/C16H17N5O/c1-21(10-12(9-18)5-4-8-17)11-15-19-14-7-3-2-6-13(14)16(22)20-15/h2-3,6-7,12H,4-5,10-11H2,1H3,(H,19,20,22). The first-order valence-electron chi connectivity index (χ1n) is 7.07. The highest BCUT2D eigenvalue weighted by Crippen LogP contribution is 2.10. The Morgan fingerprint density at radius 1 is 1.36 bits per heavy atom. The number of H-pyrrole nitrogens is 1. The fourth-order valence-electron chi connectivity index (χ4n) is 2.34. The highest BCUT2D eigenvalue weighted by molar-refractivity contribution is 5.77. The number of benzene rings is 1. The number of nitrogens with zero attached hydrogens (tertiary/aromatic N) is 4. The van der Waals surface area contributed by atoms with E-state index < -0.39 is 0 Å². The first-order chi connectivity index (χ1) is 10.6. The Kier molecular flexibility index (Phi) is 5.24. The summed E-state index contributed by atoms with van der Waals surface area (Å²) in [6, 6.07) is 11.5. The molecule has 2 aromatic rings. The number of para-hydroxylation sites is 1. The summed E-state index contributed by atoms with van der Waals surface area (Å²) in [6.45, 7) is 0.986. The van der Waals surface area contributed by atoms with Crippen molar-refractivity contribution in [2.24, 2.45) is 5.92 Å². The summed E-state index contributed by atoms with van der Waals surface area (Å²) in [5.74, 6) is 0.375. The highest BCUT2D eigenvalue weighted by atomic mass is 16.1. The zero-order valence-corrected chi connectivity index (χ0v) is 12.4. The number of rotatable bonds is 6. The highest BCUT2D eigenvalue weighted by Gasteiger charge is 2.12. The molecule has 6 nitrogen and oxygen atoms in total. The summed E-state index contributed by atoms with van der Waals surface area (Å²) in [5, 5.41) is 18.2. The Bertz CT molecular complexity index is 783. The molecule has 0 aliphatic heterocycles. The molecule has 1 heterocycles. The van der Waals surface area contributed by atoms with Crippen LogP contribution in [0.2, 0.25) is 0 Å². The number of aromatic amines is 1. The molecule has 22 heavy (non-hydrogen) atoms. The van der Waals surface area contributed by atoms with Gasteiger partial charge in [-0.05, 0) is 25.6 Å². The second kappa shape index (κ2) is 7.35. The van der Waals surface area contributed by atoms with Gasteiger partial charge < -0.3 is 4.98 Å². The predicted molar refractivity (Wildman–Crippen MR) is 82.6 cm³/mol. The average Bonchev–Trinajstić information content (AvgIpc) is 2.51. The van der Waals surface area contributed by atoms with Crippen molar-refractivity contribution in [1.82, 2.24) is 14.9 Å². The molecular formula is C16H17N5O. The van der Waals surface area contributed by atoms with Crippen LogP contribution in [0.1, 0.15) is 18.7 Å². The molecule has 1 N–H and O–H groups in total. The molecule has 0 saturated heterocycles. The van der Waals surface area contributed by atoms with Crippen molar-refractivity contribution in [3.8, 4) is 12.1 Å². The van der Waals surface area contributed by atoms with E-state index in [0.29, 0.717) is 42.7 Å². The van der Waals surface area contributed by atoms with E-state index in [1.54, 1.807) is 18.2 Å². The van der Waals surface area contributed by atoms with Crippen molar-refractivity contribution >= 4 is 10.9 Å². The molecule has 0 fully saturated rings. The Labute approximate surface area is 128 Å². The number of nitriles is 2. The van der Waals surface area contributed by atoms with Gasteiger partial charge in [-0.15, -0.1) is 0 Å². The first kappa shape index (κ1) is 15.7. The molecule has 0 aliphatic carbocycles.